The van der Waals surface area contributed by atoms with Crippen molar-refractivity contribution in [1.82, 2.24) is 0 Å². The first-order chi connectivity index (χ1) is 5.34. The second kappa shape index (κ2) is 5.88. The van der Waals surface area contributed by atoms with Crippen LogP contribution in [0.3, 0.4) is 0 Å². The quantitative estimate of drug-likeness (QED) is 0.413. The molecule has 58 valence electrons. The molecule has 0 aliphatic rings. The van der Waals surface area contributed by atoms with Gasteiger partial charge in [0.05, 0.1) is 0 Å². The molecule has 0 saturated heterocycles. The zero-order valence-electron chi connectivity index (χ0n) is 7.01. The molecule has 0 heterocycles. The van der Waals surface area contributed by atoms with Crippen molar-refractivity contribution in [3.05, 3.63) is 42.7 Å². The Balaban J connectivity index is 0.00000121. The molecule has 0 bridgehead atoms. The van der Waals surface area contributed by atoms with E-state index in [0.29, 0.717) is 0 Å². The number of benzene rings is 1. The first-order valence-corrected chi connectivity index (χ1v) is 3.22. The predicted molar refractivity (Wildman–Crippen MR) is 40.8 cm³/mol. The molecule has 0 spiro atoms. The van der Waals surface area contributed by atoms with Crippen LogP contribution in [-0.2, 0) is 0 Å². The van der Waals surface area contributed by atoms with E-state index in [9.17, 15) is 4.39 Å². The Hall–Kier alpha value is -0.713. The monoisotopic (exact) mass is 158 g/mol. The van der Waals surface area contributed by atoms with Crippen LogP contribution in [0.2, 0.25) is 0 Å². The molecule has 0 amide bonds. The van der Waals surface area contributed by atoms with Crippen molar-refractivity contribution >= 4 is 0 Å². The van der Waals surface area contributed by atoms with Gasteiger partial charge in [0.15, 0.2) is 11.6 Å². The van der Waals surface area contributed by atoms with Crippen LogP contribution in [0.1, 0.15) is 0 Å². The van der Waals surface area contributed by atoms with Crippen molar-refractivity contribution < 1.29 is 28.0 Å². The maximum Gasteiger partial charge on any atom is 1.00 e. The molecule has 0 fully saturated rings. The summed E-state index contributed by atoms with van der Waals surface area (Å²) >= 11 is 0. The van der Waals surface area contributed by atoms with Gasteiger partial charge in [-0.1, -0.05) is 12.1 Å². The molecule has 3 heteroatoms. The van der Waals surface area contributed by atoms with Crippen LogP contribution in [0, 0.1) is 11.9 Å². The number of ether oxygens (including phenoxy) is 1. The Morgan fingerprint density at radius 3 is 2.67 bits per heavy atom. The van der Waals surface area contributed by atoms with Gasteiger partial charge in [0.1, 0.15) is 0 Å². The van der Waals surface area contributed by atoms with Crippen LogP contribution < -0.4 is 23.6 Å². The average molecular weight is 158 g/mol. The van der Waals surface area contributed by atoms with E-state index < -0.39 is 0 Å². The Kier molecular flexibility index (Phi) is 5.53. The summed E-state index contributed by atoms with van der Waals surface area (Å²) in [6.45, 7) is 3.54. The molecule has 1 aromatic carbocycles. The Bertz CT molecular complexity index is 250. The molecule has 1 aromatic rings. The number of rotatable bonds is 3. The molecule has 1 rings (SSSR count). The predicted octanol–water partition coefficient (Wildman–Crippen LogP) is -0.802. The Morgan fingerprint density at radius 1 is 1.42 bits per heavy atom. The third-order valence-electron chi connectivity index (χ3n) is 1.17. The first kappa shape index (κ1) is 11.3. The van der Waals surface area contributed by atoms with Crippen LogP contribution in [0.25, 0.3) is 0 Å². The average Bonchev–Trinajstić information content (AvgIpc) is 2.03. The smallest absolute Gasteiger partial charge is 0.522 e. The maximum absolute atomic E-state index is 12.7. The van der Waals surface area contributed by atoms with Crippen molar-refractivity contribution in [1.29, 1.82) is 0 Å². The molecule has 0 radical (unpaired) electrons. The summed E-state index contributed by atoms with van der Waals surface area (Å²) < 4.78 is 17.7. The maximum atomic E-state index is 12.7. The van der Waals surface area contributed by atoms with Gasteiger partial charge in [-0.2, -0.15) is 0 Å². The summed E-state index contributed by atoms with van der Waals surface area (Å²) in [6.07, 6.45) is 2.50. The standard InChI is InChI=1S/C9H8FO.Li/c1-2-7-11-9-6-4-3-5-8(9)10;/h3-6H,1,7H2;/q-1;+1. The molecule has 0 aliphatic carbocycles. The van der Waals surface area contributed by atoms with Crippen molar-refractivity contribution in [3.8, 4) is 5.75 Å². The molecule has 12 heavy (non-hydrogen) atoms. The van der Waals surface area contributed by atoms with Gasteiger partial charge in [-0.15, -0.1) is 0 Å². The molecule has 0 aromatic heterocycles. The van der Waals surface area contributed by atoms with Gasteiger partial charge in [-0.25, -0.2) is 4.39 Å². The number of hydrogen-bond acceptors (Lipinski definition) is 1. The van der Waals surface area contributed by atoms with E-state index in [1.54, 1.807) is 18.2 Å². The molecule has 0 N–H and O–H groups in total. The Labute approximate surface area is 83.4 Å². The van der Waals surface area contributed by atoms with Gasteiger partial charge in [0.25, 0.3) is 0 Å². The fraction of sp³-hybridized carbons (Fsp3) is 0.111. The summed E-state index contributed by atoms with van der Waals surface area (Å²) in [7, 11) is 0. The molecular formula is C9H8FLiO. The second-order valence-electron chi connectivity index (χ2n) is 1.97. The van der Waals surface area contributed by atoms with Gasteiger partial charge in [-0.05, 0) is 18.7 Å². The van der Waals surface area contributed by atoms with E-state index >= 15 is 0 Å². The Morgan fingerprint density at radius 2 is 2.08 bits per heavy atom. The fourth-order valence-corrected chi connectivity index (χ4v) is 0.691. The van der Waals surface area contributed by atoms with E-state index in [-0.39, 0.29) is 37.0 Å². The largest absolute Gasteiger partial charge is 1.00 e. The van der Waals surface area contributed by atoms with Gasteiger partial charge in [-0.3, -0.25) is 6.58 Å². The van der Waals surface area contributed by atoms with Gasteiger partial charge in [0.2, 0.25) is 0 Å². The fourth-order valence-electron chi connectivity index (χ4n) is 0.691. The molecule has 0 aliphatic heterocycles. The minimum atomic E-state index is -0.359. The molecule has 1 nitrogen and oxygen atoms in total. The summed E-state index contributed by atoms with van der Waals surface area (Å²) in [5, 5.41) is 0. The van der Waals surface area contributed by atoms with Crippen LogP contribution >= 0.6 is 0 Å². The van der Waals surface area contributed by atoms with Crippen LogP contribution in [0.4, 0.5) is 4.39 Å². The van der Waals surface area contributed by atoms with Crippen molar-refractivity contribution in [2.75, 3.05) is 6.61 Å². The van der Waals surface area contributed by atoms with Gasteiger partial charge in [0, 0.05) is 0 Å². The molecule has 0 atom stereocenters. The number of halogens is 1. The summed E-state index contributed by atoms with van der Waals surface area (Å²) in [5.74, 6) is -0.119. The number of hydrogen-bond donors (Lipinski definition) is 0. The molecule has 0 saturated carbocycles. The van der Waals surface area contributed by atoms with E-state index in [2.05, 4.69) is 12.7 Å². The second-order valence-corrected chi connectivity index (χ2v) is 1.97. The van der Waals surface area contributed by atoms with E-state index in [4.69, 9.17) is 4.74 Å². The first-order valence-electron chi connectivity index (χ1n) is 3.22. The zero-order valence-corrected chi connectivity index (χ0v) is 7.01. The van der Waals surface area contributed by atoms with E-state index in [1.807, 2.05) is 0 Å². The van der Waals surface area contributed by atoms with Crippen molar-refractivity contribution in [3.63, 3.8) is 0 Å². The SMILES string of the molecule is C=[C-]COc1ccccc1F.[Li+]. The van der Waals surface area contributed by atoms with Crippen molar-refractivity contribution in [2.45, 2.75) is 0 Å². The van der Waals surface area contributed by atoms with Crippen molar-refractivity contribution in [2.24, 2.45) is 0 Å². The minimum Gasteiger partial charge on any atom is -0.522 e. The van der Waals surface area contributed by atoms with E-state index in [1.165, 1.54) is 6.07 Å². The third kappa shape index (κ3) is 3.12. The van der Waals surface area contributed by atoms with Crippen LogP contribution in [0.15, 0.2) is 30.8 Å². The summed E-state index contributed by atoms with van der Waals surface area (Å²) in [4.78, 5) is 0. The van der Waals surface area contributed by atoms with Crippen LogP contribution in [-0.4, -0.2) is 6.61 Å². The molecular weight excluding hydrogens is 150 g/mol. The normalized spacial score (nSPS) is 8.42. The topological polar surface area (TPSA) is 9.23 Å². The van der Waals surface area contributed by atoms with Crippen LogP contribution in [0.5, 0.6) is 5.75 Å². The summed E-state index contributed by atoms with van der Waals surface area (Å²) in [5.41, 5.74) is 0. The number of para-hydroxylation sites is 1. The third-order valence-corrected chi connectivity index (χ3v) is 1.17. The molecule has 0 unspecified atom stereocenters. The minimum absolute atomic E-state index is 0. The van der Waals surface area contributed by atoms with E-state index in [0.717, 1.165) is 0 Å². The zero-order chi connectivity index (χ0) is 8.10. The van der Waals surface area contributed by atoms with Gasteiger partial charge >= 0.3 is 18.9 Å². The summed E-state index contributed by atoms with van der Waals surface area (Å²) in [6, 6.07) is 6.23. The van der Waals surface area contributed by atoms with Gasteiger partial charge < -0.3 is 10.8 Å².